The van der Waals surface area contributed by atoms with E-state index < -0.39 is 11.7 Å². The Bertz CT molecular complexity index is 369. The summed E-state index contributed by atoms with van der Waals surface area (Å²) in [7, 11) is 0. The van der Waals surface area contributed by atoms with Gasteiger partial charge in [0, 0.05) is 6.04 Å². The van der Waals surface area contributed by atoms with Gasteiger partial charge in [-0.25, -0.2) is 0 Å². The Morgan fingerprint density at radius 3 is 2.12 bits per heavy atom. The van der Waals surface area contributed by atoms with Crippen molar-refractivity contribution in [3.05, 3.63) is 35.4 Å². The van der Waals surface area contributed by atoms with Gasteiger partial charge in [0.1, 0.15) is 0 Å². The average Bonchev–Trinajstić information content (AvgIpc) is 2.93. The summed E-state index contributed by atoms with van der Waals surface area (Å²) in [6.07, 6.45) is -3.28. The highest BCUT2D eigenvalue weighted by Gasteiger charge is 2.38. The number of rotatable bonds is 2. The van der Waals surface area contributed by atoms with Gasteiger partial charge in [-0.1, -0.05) is 19.1 Å². The molecule has 1 aliphatic carbocycles. The van der Waals surface area contributed by atoms with Gasteiger partial charge >= 0.3 is 6.18 Å². The van der Waals surface area contributed by atoms with Crippen LogP contribution in [0.4, 0.5) is 13.2 Å². The van der Waals surface area contributed by atoms with Crippen molar-refractivity contribution >= 4 is 0 Å². The SMILES string of the molecule is CC(c1ccc(C(F)(F)F)cc1)[C@@H]1C[C@H]1N. The summed E-state index contributed by atoms with van der Waals surface area (Å²) >= 11 is 0. The van der Waals surface area contributed by atoms with Crippen LogP contribution in [-0.2, 0) is 6.18 Å². The van der Waals surface area contributed by atoms with Crippen LogP contribution in [0.25, 0.3) is 0 Å². The summed E-state index contributed by atoms with van der Waals surface area (Å²) in [6, 6.07) is 5.61. The van der Waals surface area contributed by atoms with Crippen LogP contribution in [0.2, 0.25) is 0 Å². The number of hydrogen-bond acceptors (Lipinski definition) is 1. The Labute approximate surface area is 92.5 Å². The molecule has 0 spiro atoms. The average molecular weight is 229 g/mol. The van der Waals surface area contributed by atoms with Gasteiger partial charge in [0.2, 0.25) is 0 Å². The molecule has 4 heteroatoms. The third-order valence-electron chi connectivity index (χ3n) is 3.30. The van der Waals surface area contributed by atoms with Crippen molar-refractivity contribution in [3.8, 4) is 0 Å². The molecule has 1 aromatic rings. The third-order valence-corrected chi connectivity index (χ3v) is 3.30. The van der Waals surface area contributed by atoms with Crippen molar-refractivity contribution < 1.29 is 13.2 Å². The van der Waals surface area contributed by atoms with Crippen molar-refractivity contribution in [2.24, 2.45) is 11.7 Å². The monoisotopic (exact) mass is 229 g/mol. The van der Waals surface area contributed by atoms with E-state index >= 15 is 0 Å². The maximum absolute atomic E-state index is 12.3. The predicted molar refractivity (Wildman–Crippen MR) is 55.9 cm³/mol. The van der Waals surface area contributed by atoms with Gasteiger partial charge in [0.25, 0.3) is 0 Å². The topological polar surface area (TPSA) is 26.0 Å². The molecule has 1 unspecified atom stereocenters. The number of halogens is 3. The van der Waals surface area contributed by atoms with Gasteiger partial charge in [-0.2, -0.15) is 13.2 Å². The third kappa shape index (κ3) is 2.21. The van der Waals surface area contributed by atoms with Gasteiger partial charge in [-0.05, 0) is 36.0 Å². The van der Waals surface area contributed by atoms with Crippen LogP contribution in [0.15, 0.2) is 24.3 Å². The lowest BCUT2D eigenvalue weighted by atomic mass is 9.95. The van der Waals surface area contributed by atoms with Gasteiger partial charge < -0.3 is 5.73 Å². The van der Waals surface area contributed by atoms with E-state index in [-0.39, 0.29) is 12.0 Å². The van der Waals surface area contributed by atoms with E-state index in [9.17, 15) is 13.2 Å². The lowest BCUT2D eigenvalue weighted by Crippen LogP contribution is -2.08. The quantitative estimate of drug-likeness (QED) is 0.828. The van der Waals surface area contributed by atoms with E-state index in [0.717, 1.165) is 24.1 Å². The Hall–Kier alpha value is -1.03. The van der Waals surface area contributed by atoms with Crippen molar-refractivity contribution in [2.45, 2.75) is 31.5 Å². The summed E-state index contributed by atoms with van der Waals surface area (Å²) < 4.78 is 37.0. The zero-order valence-corrected chi connectivity index (χ0v) is 8.96. The minimum Gasteiger partial charge on any atom is -0.327 e. The van der Waals surface area contributed by atoms with Gasteiger partial charge in [-0.3, -0.25) is 0 Å². The molecule has 1 nitrogen and oxygen atoms in total. The summed E-state index contributed by atoms with van der Waals surface area (Å²) in [4.78, 5) is 0. The summed E-state index contributed by atoms with van der Waals surface area (Å²) in [5.41, 5.74) is 6.07. The van der Waals surface area contributed by atoms with Crippen molar-refractivity contribution in [1.29, 1.82) is 0 Å². The fourth-order valence-electron chi connectivity index (χ4n) is 2.03. The Balaban J connectivity index is 2.13. The second-order valence-corrected chi connectivity index (χ2v) is 4.47. The molecule has 3 atom stereocenters. The normalized spacial score (nSPS) is 26.6. The fourth-order valence-corrected chi connectivity index (χ4v) is 2.03. The molecular weight excluding hydrogens is 215 g/mol. The summed E-state index contributed by atoms with van der Waals surface area (Å²) in [6.45, 7) is 2.01. The molecule has 0 radical (unpaired) electrons. The van der Waals surface area contributed by atoms with Gasteiger partial charge in [-0.15, -0.1) is 0 Å². The number of hydrogen-bond donors (Lipinski definition) is 1. The predicted octanol–water partition coefficient (Wildman–Crippen LogP) is 3.16. The van der Waals surface area contributed by atoms with Crippen LogP contribution in [0, 0.1) is 5.92 Å². The highest BCUT2D eigenvalue weighted by atomic mass is 19.4. The number of alkyl halides is 3. The molecule has 0 bridgehead atoms. The minimum atomic E-state index is -4.25. The minimum absolute atomic E-state index is 0.220. The molecule has 0 heterocycles. The maximum atomic E-state index is 12.3. The first-order chi connectivity index (χ1) is 7.39. The summed E-state index contributed by atoms with van der Waals surface area (Å²) in [5.74, 6) is 0.675. The Kier molecular flexibility index (Phi) is 2.70. The Morgan fingerprint density at radius 1 is 1.25 bits per heavy atom. The lowest BCUT2D eigenvalue weighted by Gasteiger charge is -2.12. The van der Waals surface area contributed by atoms with E-state index in [1.807, 2.05) is 6.92 Å². The molecule has 0 aromatic heterocycles. The highest BCUT2D eigenvalue weighted by molar-refractivity contribution is 5.28. The van der Waals surface area contributed by atoms with Crippen molar-refractivity contribution in [1.82, 2.24) is 0 Å². The van der Waals surface area contributed by atoms with E-state index in [2.05, 4.69) is 0 Å². The molecule has 2 rings (SSSR count). The first kappa shape index (κ1) is 11.5. The van der Waals surface area contributed by atoms with Crippen LogP contribution in [0.3, 0.4) is 0 Å². The van der Waals surface area contributed by atoms with Gasteiger partial charge in [0.15, 0.2) is 0 Å². The number of benzene rings is 1. The molecule has 1 fully saturated rings. The smallest absolute Gasteiger partial charge is 0.327 e. The largest absolute Gasteiger partial charge is 0.416 e. The van der Waals surface area contributed by atoms with Crippen molar-refractivity contribution in [3.63, 3.8) is 0 Å². The van der Waals surface area contributed by atoms with E-state index in [4.69, 9.17) is 5.73 Å². The fraction of sp³-hybridized carbons (Fsp3) is 0.500. The van der Waals surface area contributed by atoms with Crippen LogP contribution in [0.5, 0.6) is 0 Å². The van der Waals surface area contributed by atoms with E-state index in [1.54, 1.807) is 12.1 Å². The van der Waals surface area contributed by atoms with E-state index in [1.165, 1.54) is 0 Å². The molecule has 16 heavy (non-hydrogen) atoms. The summed E-state index contributed by atoms with van der Waals surface area (Å²) in [5, 5.41) is 0. The Morgan fingerprint density at radius 2 is 1.75 bits per heavy atom. The molecule has 0 aliphatic heterocycles. The molecule has 2 N–H and O–H groups in total. The molecule has 88 valence electrons. The molecule has 0 saturated heterocycles. The van der Waals surface area contributed by atoms with Crippen LogP contribution in [0.1, 0.15) is 30.4 Å². The van der Waals surface area contributed by atoms with Crippen LogP contribution in [-0.4, -0.2) is 6.04 Å². The second-order valence-electron chi connectivity index (χ2n) is 4.47. The molecule has 1 aliphatic rings. The van der Waals surface area contributed by atoms with Crippen LogP contribution >= 0.6 is 0 Å². The zero-order valence-electron chi connectivity index (χ0n) is 8.96. The highest BCUT2D eigenvalue weighted by Crippen LogP contribution is 2.41. The van der Waals surface area contributed by atoms with Crippen LogP contribution < -0.4 is 5.73 Å². The molecule has 1 saturated carbocycles. The van der Waals surface area contributed by atoms with Gasteiger partial charge in [0.05, 0.1) is 5.56 Å². The second kappa shape index (κ2) is 3.77. The molecular formula is C12H14F3N. The molecule has 0 amide bonds. The van der Waals surface area contributed by atoms with E-state index in [0.29, 0.717) is 5.92 Å². The number of nitrogens with two attached hydrogens (primary N) is 1. The maximum Gasteiger partial charge on any atom is 0.416 e. The zero-order chi connectivity index (χ0) is 11.9. The standard InChI is InChI=1S/C12H14F3N/c1-7(10-6-11(10)16)8-2-4-9(5-3-8)12(13,14)15/h2-5,7,10-11H,6,16H2,1H3/t7?,10-,11+/m0/s1. The first-order valence-corrected chi connectivity index (χ1v) is 5.32. The first-order valence-electron chi connectivity index (χ1n) is 5.32. The van der Waals surface area contributed by atoms with Crippen molar-refractivity contribution in [2.75, 3.05) is 0 Å². The lowest BCUT2D eigenvalue weighted by molar-refractivity contribution is -0.137. The molecule has 1 aromatic carbocycles.